The van der Waals surface area contributed by atoms with Crippen molar-refractivity contribution in [1.29, 1.82) is 0 Å². The summed E-state index contributed by atoms with van der Waals surface area (Å²) < 4.78 is 12.9. The van der Waals surface area contributed by atoms with E-state index in [4.69, 9.17) is 9.47 Å². The number of carbonyl (C=O) groups is 3. The van der Waals surface area contributed by atoms with Gasteiger partial charge in [-0.05, 0) is 65.5 Å². The number of hydrogen-bond donors (Lipinski definition) is 1. The molecule has 5 aromatic rings. The molecule has 2 bridgehead atoms. The predicted molar refractivity (Wildman–Crippen MR) is 193 cm³/mol. The molecule has 9 rings (SSSR count). The molecule has 4 aliphatic rings. The quantitative estimate of drug-likeness (QED) is 0.196. The van der Waals surface area contributed by atoms with E-state index in [1.807, 2.05) is 91.0 Å². The average Bonchev–Trinajstić information content (AvgIpc) is 3.86. The Morgan fingerprint density at radius 3 is 2.34 bits per heavy atom. The highest BCUT2D eigenvalue weighted by molar-refractivity contribution is 8.00. The number of anilines is 2. The summed E-state index contributed by atoms with van der Waals surface area (Å²) in [5.74, 6) is -0.542. The van der Waals surface area contributed by atoms with E-state index in [0.717, 1.165) is 32.7 Å². The molecule has 7 atom stereocenters. The molecule has 3 heterocycles. The first-order chi connectivity index (χ1) is 24.4. The van der Waals surface area contributed by atoms with Crippen LogP contribution in [0.25, 0.3) is 10.8 Å². The molecule has 252 valence electrons. The van der Waals surface area contributed by atoms with Gasteiger partial charge in [-0.3, -0.25) is 28.6 Å². The number of imide groups is 1. The second-order valence-electron chi connectivity index (χ2n) is 13.4. The highest BCUT2D eigenvalue weighted by Crippen LogP contribution is 2.69. The lowest BCUT2D eigenvalue weighted by molar-refractivity contribution is -0.123. The summed E-state index contributed by atoms with van der Waals surface area (Å²) in [6.45, 7) is -0.143. The van der Waals surface area contributed by atoms with Gasteiger partial charge in [-0.25, -0.2) is 0 Å². The fourth-order valence-corrected chi connectivity index (χ4v) is 12.3. The number of hydrogen-bond acceptors (Lipinski definition) is 8. The molecule has 2 saturated carbocycles. The van der Waals surface area contributed by atoms with Crippen LogP contribution in [0.1, 0.15) is 22.8 Å². The van der Waals surface area contributed by atoms with Crippen molar-refractivity contribution in [2.24, 2.45) is 29.6 Å². The van der Waals surface area contributed by atoms with E-state index in [1.165, 1.54) is 16.2 Å². The molecule has 11 heteroatoms. The molecule has 1 saturated heterocycles. The van der Waals surface area contributed by atoms with Crippen LogP contribution in [0.3, 0.4) is 0 Å². The molecule has 3 fully saturated rings. The van der Waals surface area contributed by atoms with Crippen molar-refractivity contribution < 1.29 is 23.9 Å². The largest absolute Gasteiger partial charge is 0.493 e. The molecule has 3 amide bonds. The molecule has 7 unspecified atom stereocenters. The van der Waals surface area contributed by atoms with Gasteiger partial charge in [-0.15, -0.1) is 11.8 Å². The summed E-state index contributed by atoms with van der Waals surface area (Å²) in [4.78, 5) is 57.7. The fourth-order valence-electron chi connectivity index (χ4n) is 9.17. The van der Waals surface area contributed by atoms with Crippen LogP contribution >= 0.6 is 23.1 Å². The fraction of sp³-hybridized carbons (Fsp3) is 0.282. The molecular formula is C39H33N3O6S2. The molecule has 1 aromatic heterocycles. The maximum atomic E-state index is 14.1. The van der Waals surface area contributed by atoms with Crippen molar-refractivity contribution in [3.05, 3.63) is 111 Å². The van der Waals surface area contributed by atoms with E-state index in [-0.39, 0.29) is 58.1 Å². The maximum Gasteiger partial charge on any atom is 0.308 e. The Labute approximate surface area is 296 Å². The van der Waals surface area contributed by atoms with E-state index in [1.54, 1.807) is 30.5 Å². The van der Waals surface area contributed by atoms with Gasteiger partial charge in [-0.2, -0.15) is 0 Å². The number of aromatic nitrogens is 1. The highest BCUT2D eigenvalue weighted by atomic mass is 32.2. The van der Waals surface area contributed by atoms with E-state index in [0.29, 0.717) is 22.9 Å². The summed E-state index contributed by atoms with van der Waals surface area (Å²) in [5, 5.41) is 5.70. The summed E-state index contributed by atoms with van der Waals surface area (Å²) in [6.07, 6.45) is 0.766. The molecule has 50 heavy (non-hydrogen) atoms. The Morgan fingerprint density at radius 2 is 1.56 bits per heavy atom. The van der Waals surface area contributed by atoms with Crippen molar-refractivity contribution in [1.82, 2.24) is 4.57 Å². The smallest absolute Gasteiger partial charge is 0.308 e. The number of amides is 3. The van der Waals surface area contributed by atoms with E-state index >= 15 is 0 Å². The topological polar surface area (TPSA) is 107 Å². The van der Waals surface area contributed by atoms with Crippen LogP contribution in [-0.2, 0) is 20.9 Å². The van der Waals surface area contributed by atoms with Gasteiger partial charge in [-0.1, -0.05) is 72.0 Å². The first-order valence-corrected chi connectivity index (χ1v) is 18.4. The monoisotopic (exact) mass is 703 g/mol. The van der Waals surface area contributed by atoms with Crippen molar-refractivity contribution >= 4 is 63.0 Å². The molecule has 0 spiro atoms. The number of thioether (sulfide) groups is 1. The van der Waals surface area contributed by atoms with Gasteiger partial charge < -0.3 is 14.8 Å². The number of para-hydroxylation sites is 1. The Bertz CT molecular complexity index is 2260. The van der Waals surface area contributed by atoms with Crippen LogP contribution in [0.15, 0.2) is 101 Å². The van der Waals surface area contributed by atoms with Crippen molar-refractivity contribution in [3.8, 4) is 11.5 Å². The standard InChI is InChI=1S/C39H33N3O6S2/c1-47-27-16-15-21(17-28(27)48-2)30-31-24-18-25(33-32(24)36(44)42(37(33)45)22-11-4-3-5-12-22)34(31)49-38-35(30)50-39(46)41(38)19-29(43)40-26-14-8-10-20-9-6-7-13-23(20)26/h3-17,24-25,30-34H,18-19H2,1-2H3,(H,40,43). The average molecular weight is 704 g/mol. The summed E-state index contributed by atoms with van der Waals surface area (Å²) in [7, 11) is 3.19. The number of nitrogens with one attached hydrogen (secondary N) is 1. The van der Waals surface area contributed by atoms with Gasteiger partial charge in [0.15, 0.2) is 11.5 Å². The normalized spacial score (nSPS) is 26.1. The molecular weight excluding hydrogens is 671 g/mol. The number of methoxy groups -OCH3 is 2. The van der Waals surface area contributed by atoms with Gasteiger partial charge in [0.05, 0.1) is 36.8 Å². The van der Waals surface area contributed by atoms with Crippen LogP contribution in [0, 0.1) is 29.6 Å². The molecule has 0 radical (unpaired) electrons. The van der Waals surface area contributed by atoms with Crippen LogP contribution in [-0.4, -0.2) is 41.8 Å². The van der Waals surface area contributed by atoms with Crippen LogP contribution in [0.5, 0.6) is 11.5 Å². The highest BCUT2D eigenvalue weighted by Gasteiger charge is 2.69. The van der Waals surface area contributed by atoms with Crippen molar-refractivity contribution in [3.63, 3.8) is 0 Å². The number of thiazole rings is 1. The zero-order valence-corrected chi connectivity index (χ0v) is 28.9. The Balaban J connectivity index is 1.11. The number of fused-ring (bicyclic) bond motifs is 10. The lowest BCUT2D eigenvalue weighted by Gasteiger charge is -2.43. The second-order valence-corrected chi connectivity index (χ2v) is 15.6. The predicted octanol–water partition coefficient (Wildman–Crippen LogP) is 6.40. The van der Waals surface area contributed by atoms with Gasteiger partial charge in [0.25, 0.3) is 0 Å². The van der Waals surface area contributed by atoms with Crippen LogP contribution < -0.4 is 24.6 Å². The van der Waals surface area contributed by atoms with Crippen LogP contribution in [0.4, 0.5) is 11.4 Å². The van der Waals surface area contributed by atoms with Crippen molar-refractivity contribution in [2.75, 3.05) is 24.4 Å². The number of rotatable bonds is 7. The van der Waals surface area contributed by atoms with Gasteiger partial charge in [0, 0.05) is 27.1 Å². The zero-order valence-electron chi connectivity index (χ0n) is 27.3. The Hall–Kier alpha value is -4.87. The minimum absolute atomic E-state index is 0.000309. The van der Waals surface area contributed by atoms with Crippen molar-refractivity contribution in [2.45, 2.75) is 29.2 Å². The second kappa shape index (κ2) is 11.9. The number of nitrogens with zero attached hydrogens (tertiary/aromatic N) is 2. The number of ether oxygens (including phenoxy) is 2. The maximum absolute atomic E-state index is 14.1. The molecule has 1 N–H and O–H groups in total. The van der Waals surface area contributed by atoms with E-state index in [2.05, 4.69) is 5.32 Å². The molecule has 9 nitrogen and oxygen atoms in total. The molecule has 4 aromatic carbocycles. The number of carbonyl (C=O) groups excluding carboxylic acids is 3. The first-order valence-electron chi connectivity index (χ1n) is 16.7. The first kappa shape index (κ1) is 31.1. The third-order valence-electron chi connectivity index (χ3n) is 11.1. The summed E-state index contributed by atoms with van der Waals surface area (Å²) >= 11 is 2.78. The lowest BCUT2D eigenvalue weighted by Crippen LogP contribution is -2.43. The lowest BCUT2D eigenvalue weighted by atomic mass is 9.68. The van der Waals surface area contributed by atoms with Gasteiger partial charge in [0.2, 0.25) is 17.7 Å². The SMILES string of the molecule is COc1ccc(C2c3sc(=O)n(CC(=O)Nc4cccc5ccccc45)c3SC3C4CC(C5C(=O)N(c6ccccc6)C(=O)C45)C23)cc1OC. The van der Waals surface area contributed by atoms with E-state index < -0.39 is 11.8 Å². The minimum atomic E-state index is -0.414. The summed E-state index contributed by atoms with van der Waals surface area (Å²) in [6, 6.07) is 28.6. The number of benzene rings is 4. The third-order valence-corrected chi connectivity index (χ3v) is 13.9. The Kier molecular flexibility index (Phi) is 7.40. The third kappa shape index (κ3) is 4.59. The van der Waals surface area contributed by atoms with Gasteiger partial charge in [0.1, 0.15) is 6.54 Å². The van der Waals surface area contributed by atoms with Gasteiger partial charge >= 0.3 is 4.87 Å². The Morgan fingerprint density at radius 1 is 0.840 bits per heavy atom. The minimum Gasteiger partial charge on any atom is -0.493 e. The van der Waals surface area contributed by atoms with E-state index in [9.17, 15) is 19.2 Å². The molecule has 2 aliphatic heterocycles. The molecule has 2 aliphatic carbocycles. The zero-order chi connectivity index (χ0) is 34.3. The summed E-state index contributed by atoms with van der Waals surface area (Å²) in [5.41, 5.74) is 2.25. The van der Waals surface area contributed by atoms with Crippen LogP contribution in [0.2, 0.25) is 0 Å².